The van der Waals surface area contributed by atoms with Crippen LogP contribution < -0.4 is 11.1 Å². The summed E-state index contributed by atoms with van der Waals surface area (Å²) >= 11 is 0. The monoisotopic (exact) mass is 254 g/mol. The number of nitrogens with zero attached hydrogens (tertiary/aromatic N) is 2. The second kappa shape index (κ2) is 4.88. The van der Waals surface area contributed by atoms with Gasteiger partial charge in [0.05, 0.1) is 6.04 Å². The van der Waals surface area contributed by atoms with Crippen LogP contribution in [-0.2, 0) is 6.42 Å². The van der Waals surface area contributed by atoms with Crippen LogP contribution in [0.15, 0.2) is 30.5 Å². The number of aromatic nitrogens is 2. The summed E-state index contributed by atoms with van der Waals surface area (Å²) in [7, 11) is 0. The molecule has 0 saturated heterocycles. The largest absolute Gasteiger partial charge is 0.368 e. The molecule has 0 fully saturated rings. The van der Waals surface area contributed by atoms with Gasteiger partial charge in [-0.05, 0) is 37.3 Å². The fraction of sp³-hybridized carbons (Fsp3) is 0.333. The average Bonchev–Trinajstić information content (AvgIpc) is 2.43. The third kappa shape index (κ3) is 2.38. The van der Waals surface area contributed by atoms with Crippen LogP contribution in [0.25, 0.3) is 0 Å². The van der Waals surface area contributed by atoms with E-state index in [2.05, 4.69) is 39.6 Å². The van der Waals surface area contributed by atoms with Crippen molar-refractivity contribution in [2.45, 2.75) is 32.2 Å². The van der Waals surface area contributed by atoms with E-state index in [1.54, 1.807) is 6.20 Å². The van der Waals surface area contributed by atoms with Crippen LogP contribution in [0.1, 0.15) is 35.6 Å². The lowest BCUT2D eigenvalue weighted by Crippen LogP contribution is -2.18. The van der Waals surface area contributed by atoms with Gasteiger partial charge < -0.3 is 11.1 Å². The van der Waals surface area contributed by atoms with Crippen molar-refractivity contribution in [1.82, 2.24) is 9.97 Å². The summed E-state index contributed by atoms with van der Waals surface area (Å²) < 4.78 is 0. The molecule has 3 rings (SSSR count). The first-order valence-corrected chi connectivity index (χ1v) is 6.67. The van der Waals surface area contributed by atoms with Gasteiger partial charge >= 0.3 is 0 Å². The van der Waals surface area contributed by atoms with Gasteiger partial charge in [-0.25, -0.2) is 4.98 Å². The number of fused-ring (bicyclic) bond motifs is 1. The molecule has 1 aliphatic carbocycles. The highest BCUT2D eigenvalue weighted by Gasteiger charge is 2.20. The quantitative estimate of drug-likeness (QED) is 0.865. The SMILES string of the molecule is Cc1cnc(N)nc1NC1CCCc2ccccc21. The van der Waals surface area contributed by atoms with E-state index in [4.69, 9.17) is 5.73 Å². The second-order valence-corrected chi connectivity index (χ2v) is 5.05. The van der Waals surface area contributed by atoms with Gasteiger partial charge in [-0.1, -0.05) is 24.3 Å². The Hall–Kier alpha value is -2.10. The molecular formula is C15H18N4. The second-order valence-electron chi connectivity index (χ2n) is 5.05. The molecule has 1 aromatic carbocycles. The first-order chi connectivity index (χ1) is 9.24. The molecule has 3 N–H and O–H groups in total. The van der Waals surface area contributed by atoms with Gasteiger partial charge in [0.1, 0.15) is 5.82 Å². The molecule has 0 amide bonds. The molecule has 0 bridgehead atoms. The van der Waals surface area contributed by atoms with Gasteiger partial charge in [-0.2, -0.15) is 4.98 Å². The standard InChI is InChI=1S/C15H18N4/c1-10-9-17-15(16)19-14(10)18-13-8-4-6-11-5-2-3-7-12(11)13/h2-3,5,7,9,13H,4,6,8H2,1H3,(H3,16,17,18,19). The van der Waals surface area contributed by atoms with E-state index >= 15 is 0 Å². The Kier molecular flexibility index (Phi) is 3.07. The fourth-order valence-corrected chi connectivity index (χ4v) is 2.67. The highest BCUT2D eigenvalue weighted by atomic mass is 15.1. The Morgan fingerprint density at radius 3 is 3.05 bits per heavy atom. The number of nitrogen functional groups attached to an aromatic ring is 1. The number of rotatable bonds is 2. The predicted octanol–water partition coefficient (Wildman–Crippen LogP) is 2.86. The van der Waals surface area contributed by atoms with E-state index in [1.165, 1.54) is 24.0 Å². The molecule has 19 heavy (non-hydrogen) atoms. The maximum absolute atomic E-state index is 5.67. The van der Waals surface area contributed by atoms with Gasteiger partial charge in [-0.15, -0.1) is 0 Å². The van der Waals surface area contributed by atoms with Crippen LogP contribution in [-0.4, -0.2) is 9.97 Å². The number of nitrogens with two attached hydrogens (primary N) is 1. The lowest BCUT2D eigenvalue weighted by atomic mass is 9.88. The van der Waals surface area contributed by atoms with Crippen LogP contribution >= 0.6 is 0 Å². The summed E-state index contributed by atoms with van der Waals surface area (Å²) in [5.41, 5.74) is 9.51. The zero-order valence-electron chi connectivity index (χ0n) is 11.1. The third-order valence-corrected chi connectivity index (χ3v) is 3.67. The lowest BCUT2D eigenvalue weighted by Gasteiger charge is -2.27. The molecule has 0 radical (unpaired) electrons. The highest BCUT2D eigenvalue weighted by molar-refractivity contribution is 5.48. The Labute approximate surface area is 113 Å². The highest BCUT2D eigenvalue weighted by Crippen LogP contribution is 2.32. The van der Waals surface area contributed by atoms with Crippen LogP contribution in [0.5, 0.6) is 0 Å². The smallest absolute Gasteiger partial charge is 0.221 e. The van der Waals surface area contributed by atoms with E-state index in [0.717, 1.165) is 17.8 Å². The molecule has 4 nitrogen and oxygen atoms in total. The first kappa shape index (κ1) is 12.0. The minimum Gasteiger partial charge on any atom is -0.368 e. The Balaban J connectivity index is 1.90. The van der Waals surface area contributed by atoms with E-state index in [1.807, 2.05) is 6.92 Å². The van der Waals surface area contributed by atoms with Gasteiger partial charge in [0.15, 0.2) is 0 Å². The van der Waals surface area contributed by atoms with Crippen molar-refractivity contribution in [2.24, 2.45) is 0 Å². The molecule has 2 aromatic rings. The summed E-state index contributed by atoms with van der Waals surface area (Å²) in [5, 5.41) is 3.52. The Bertz CT molecular complexity index is 594. The van der Waals surface area contributed by atoms with Crippen LogP contribution in [0.3, 0.4) is 0 Å². The van der Waals surface area contributed by atoms with E-state index in [9.17, 15) is 0 Å². The number of anilines is 2. The van der Waals surface area contributed by atoms with E-state index in [-0.39, 0.29) is 0 Å². The van der Waals surface area contributed by atoms with Gasteiger partial charge in [0.2, 0.25) is 5.95 Å². The van der Waals surface area contributed by atoms with Gasteiger partial charge in [-0.3, -0.25) is 0 Å². The van der Waals surface area contributed by atoms with E-state index in [0.29, 0.717) is 12.0 Å². The normalized spacial score (nSPS) is 17.8. The molecule has 98 valence electrons. The molecule has 1 aromatic heterocycles. The summed E-state index contributed by atoms with van der Waals surface area (Å²) in [4.78, 5) is 8.30. The van der Waals surface area contributed by atoms with Crippen molar-refractivity contribution < 1.29 is 0 Å². The number of aryl methyl sites for hydroxylation is 2. The molecule has 1 unspecified atom stereocenters. The maximum atomic E-state index is 5.67. The molecule has 1 aliphatic rings. The van der Waals surface area contributed by atoms with Crippen LogP contribution in [0.2, 0.25) is 0 Å². The molecule has 0 spiro atoms. The van der Waals surface area contributed by atoms with Crippen molar-refractivity contribution in [3.05, 3.63) is 47.2 Å². The zero-order valence-corrected chi connectivity index (χ0v) is 11.1. The Morgan fingerprint density at radius 2 is 2.16 bits per heavy atom. The average molecular weight is 254 g/mol. The first-order valence-electron chi connectivity index (χ1n) is 6.67. The number of hydrogen-bond acceptors (Lipinski definition) is 4. The molecule has 0 saturated carbocycles. The summed E-state index contributed by atoms with van der Waals surface area (Å²) in [5.74, 6) is 1.16. The van der Waals surface area contributed by atoms with E-state index < -0.39 is 0 Å². The summed E-state index contributed by atoms with van der Waals surface area (Å²) in [6, 6.07) is 8.93. The molecule has 1 heterocycles. The lowest BCUT2D eigenvalue weighted by molar-refractivity contribution is 0.598. The third-order valence-electron chi connectivity index (χ3n) is 3.67. The summed E-state index contributed by atoms with van der Waals surface area (Å²) in [6.07, 6.45) is 5.26. The summed E-state index contributed by atoms with van der Waals surface area (Å²) in [6.45, 7) is 2.00. The van der Waals surface area contributed by atoms with Crippen molar-refractivity contribution in [2.75, 3.05) is 11.1 Å². The molecule has 0 aliphatic heterocycles. The molecule has 1 atom stereocenters. The van der Waals surface area contributed by atoms with Gasteiger partial charge in [0, 0.05) is 11.8 Å². The topological polar surface area (TPSA) is 63.8 Å². The molecular weight excluding hydrogens is 236 g/mol. The van der Waals surface area contributed by atoms with Crippen molar-refractivity contribution >= 4 is 11.8 Å². The Morgan fingerprint density at radius 1 is 1.32 bits per heavy atom. The minimum absolute atomic E-state index is 0.317. The molecule has 4 heteroatoms. The number of benzene rings is 1. The van der Waals surface area contributed by atoms with Gasteiger partial charge in [0.25, 0.3) is 0 Å². The van der Waals surface area contributed by atoms with Crippen molar-refractivity contribution in [3.63, 3.8) is 0 Å². The van der Waals surface area contributed by atoms with Crippen molar-refractivity contribution in [3.8, 4) is 0 Å². The van der Waals surface area contributed by atoms with Crippen LogP contribution in [0, 0.1) is 6.92 Å². The number of hydrogen-bond donors (Lipinski definition) is 2. The van der Waals surface area contributed by atoms with Crippen LogP contribution in [0.4, 0.5) is 11.8 Å². The maximum Gasteiger partial charge on any atom is 0.221 e. The zero-order chi connectivity index (χ0) is 13.2. The predicted molar refractivity (Wildman–Crippen MR) is 76.9 cm³/mol. The fourth-order valence-electron chi connectivity index (χ4n) is 2.67. The number of nitrogens with one attached hydrogen (secondary N) is 1. The minimum atomic E-state index is 0.317. The van der Waals surface area contributed by atoms with Crippen molar-refractivity contribution in [1.29, 1.82) is 0 Å².